The Kier molecular flexibility index (Phi) is 3.43. The van der Waals surface area contributed by atoms with E-state index in [1.54, 1.807) is 4.90 Å². The predicted octanol–water partition coefficient (Wildman–Crippen LogP) is -0.144. The minimum atomic E-state index is -0.303. The maximum atomic E-state index is 12.0. The van der Waals surface area contributed by atoms with E-state index in [1.807, 2.05) is 0 Å². The summed E-state index contributed by atoms with van der Waals surface area (Å²) in [5.41, 5.74) is -0.0273. The third-order valence-electron chi connectivity index (χ3n) is 2.63. The molecule has 2 heterocycles. The molecule has 1 aliphatic rings. The Bertz CT molecular complexity index is 463. The molecule has 1 amide bonds. The first-order valence-electron chi connectivity index (χ1n) is 5.36. The Morgan fingerprint density at radius 3 is 2.76 bits per heavy atom. The molecule has 1 saturated heterocycles. The van der Waals surface area contributed by atoms with Gasteiger partial charge in [-0.1, -0.05) is 0 Å². The molecular weight excluding hydrogens is 224 g/mol. The van der Waals surface area contributed by atoms with Gasteiger partial charge in [-0.15, -0.1) is 0 Å². The van der Waals surface area contributed by atoms with Crippen LogP contribution in [-0.2, 0) is 4.74 Å². The first-order chi connectivity index (χ1) is 8.22. The van der Waals surface area contributed by atoms with Crippen LogP contribution in [0.4, 0.5) is 0 Å². The fraction of sp³-hybridized carbons (Fsp3) is 0.455. The van der Waals surface area contributed by atoms with Crippen molar-refractivity contribution < 1.29 is 14.3 Å². The summed E-state index contributed by atoms with van der Waals surface area (Å²) in [6.45, 7) is 2.16. The van der Waals surface area contributed by atoms with Gasteiger partial charge in [-0.25, -0.2) is 0 Å². The lowest BCUT2D eigenvalue weighted by molar-refractivity contribution is 0.0299. The third-order valence-corrected chi connectivity index (χ3v) is 2.63. The summed E-state index contributed by atoms with van der Waals surface area (Å²) in [5, 5.41) is 0. The molecule has 0 radical (unpaired) electrons. The average Bonchev–Trinajstić information content (AvgIpc) is 2.39. The number of methoxy groups -OCH3 is 1. The van der Waals surface area contributed by atoms with Gasteiger partial charge in [0.1, 0.15) is 5.69 Å². The summed E-state index contributed by atoms with van der Waals surface area (Å²) in [6, 6.07) is 1.26. The maximum absolute atomic E-state index is 12.0. The van der Waals surface area contributed by atoms with E-state index in [0.717, 1.165) is 0 Å². The number of hydrogen-bond donors (Lipinski definition) is 1. The molecule has 6 heteroatoms. The number of hydrogen-bond acceptors (Lipinski definition) is 4. The zero-order valence-electron chi connectivity index (χ0n) is 9.56. The van der Waals surface area contributed by atoms with Gasteiger partial charge in [-0.05, 0) is 0 Å². The van der Waals surface area contributed by atoms with E-state index in [0.29, 0.717) is 26.3 Å². The molecule has 1 aromatic heterocycles. The van der Waals surface area contributed by atoms with Crippen LogP contribution in [0.25, 0.3) is 0 Å². The molecule has 0 bridgehead atoms. The van der Waals surface area contributed by atoms with E-state index in [2.05, 4.69) is 4.98 Å². The zero-order chi connectivity index (χ0) is 12.3. The molecule has 1 fully saturated rings. The number of nitrogens with one attached hydrogen (secondary N) is 1. The van der Waals surface area contributed by atoms with Crippen molar-refractivity contribution in [1.29, 1.82) is 0 Å². The molecule has 1 aromatic rings. The van der Waals surface area contributed by atoms with Crippen molar-refractivity contribution in [2.45, 2.75) is 0 Å². The standard InChI is InChI=1S/C11H14N2O4/c1-16-10-7-12-8(6-9(10)14)11(15)13-2-4-17-5-3-13/h6-7H,2-5H2,1H3,(H,12,14). The van der Waals surface area contributed by atoms with Gasteiger partial charge in [0, 0.05) is 25.4 Å². The molecule has 2 rings (SSSR count). The highest BCUT2D eigenvalue weighted by Crippen LogP contribution is 2.06. The predicted molar refractivity (Wildman–Crippen MR) is 60.3 cm³/mol. The molecule has 0 aliphatic carbocycles. The number of amides is 1. The van der Waals surface area contributed by atoms with Crippen LogP contribution in [-0.4, -0.2) is 49.2 Å². The second-order valence-electron chi connectivity index (χ2n) is 3.68. The van der Waals surface area contributed by atoms with Gasteiger partial charge in [0.15, 0.2) is 5.75 Å². The minimum absolute atomic E-state index is 0.187. The molecule has 1 N–H and O–H groups in total. The van der Waals surface area contributed by atoms with Crippen molar-refractivity contribution in [2.24, 2.45) is 0 Å². The number of pyridine rings is 1. The van der Waals surface area contributed by atoms with Crippen LogP contribution < -0.4 is 10.2 Å². The minimum Gasteiger partial charge on any atom is -0.491 e. The zero-order valence-corrected chi connectivity index (χ0v) is 9.56. The molecular formula is C11H14N2O4. The van der Waals surface area contributed by atoms with E-state index in [4.69, 9.17) is 9.47 Å². The quantitative estimate of drug-likeness (QED) is 0.778. The number of H-pyrrole nitrogens is 1. The molecule has 92 valence electrons. The highest BCUT2D eigenvalue weighted by molar-refractivity contribution is 5.92. The number of ether oxygens (including phenoxy) is 2. The van der Waals surface area contributed by atoms with Crippen LogP contribution in [0.15, 0.2) is 17.1 Å². The normalized spacial score (nSPS) is 15.7. The van der Waals surface area contributed by atoms with Crippen molar-refractivity contribution in [3.63, 3.8) is 0 Å². The summed E-state index contributed by atoms with van der Waals surface area (Å²) in [4.78, 5) is 28.0. The van der Waals surface area contributed by atoms with Gasteiger partial charge < -0.3 is 19.4 Å². The lowest BCUT2D eigenvalue weighted by Gasteiger charge is -2.26. The van der Waals surface area contributed by atoms with Crippen molar-refractivity contribution in [2.75, 3.05) is 33.4 Å². The van der Waals surface area contributed by atoms with E-state index in [9.17, 15) is 9.59 Å². The molecule has 6 nitrogen and oxygen atoms in total. The van der Waals surface area contributed by atoms with E-state index >= 15 is 0 Å². The van der Waals surface area contributed by atoms with Gasteiger partial charge in [-0.2, -0.15) is 0 Å². The topological polar surface area (TPSA) is 71.6 Å². The van der Waals surface area contributed by atoms with Crippen LogP contribution in [0.2, 0.25) is 0 Å². The average molecular weight is 238 g/mol. The first-order valence-corrected chi connectivity index (χ1v) is 5.36. The highest BCUT2D eigenvalue weighted by atomic mass is 16.5. The Morgan fingerprint density at radius 2 is 2.18 bits per heavy atom. The maximum Gasteiger partial charge on any atom is 0.270 e. The number of morpholine rings is 1. The summed E-state index contributed by atoms with van der Waals surface area (Å²) in [6.07, 6.45) is 1.40. The van der Waals surface area contributed by atoms with Crippen molar-refractivity contribution in [3.8, 4) is 5.75 Å². The highest BCUT2D eigenvalue weighted by Gasteiger charge is 2.19. The fourth-order valence-corrected chi connectivity index (χ4v) is 1.68. The van der Waals surface area contributed by atoms with Crippen LogP contribution in [0.5, 0.6) is 5.75 Å². The summed E-state index contributed by atoms with van der Waals surface area (Å²) in [7, 11) is 1.41. The molecule has 0 aromatic carbocycles. The van der Waals surface area contributed by atoms with Gasteiger partial charge >= 0.3 is 0 Å². The second kappa shape index (κ2) is 5.01. The lowest BCUT2D eigenvalue weighted by atomic mass is 10.3. The van der Waals surface area contributed by atoms with Crippen LogP contribution in [0.1, 0.15) is 10.5 Å². The van der Waals surface area contributed by atoms with Crippen LogP contribution >= 0.6 is 0 Å². The molecule has 0 spiro atoms. The molecule has 0 saturated carbocycles. The monoisotopic (exact) mass is 238 g/mol. The number of carbonyl (C=O) groups is 1. The van der Waals surface area contributed by atoms with Crippen molar-refractivity contribution in [3.05, 3.63) is 28.2 Å². The molecule has 1 aliphatic heterocycles. The van der Waals surface area contributed by atoms with E-state index in [-0.39, 0.29) is 22.8 Å². The summed E-state index contributed by atoms with van der Waals surface area (Å²) >= 11 is 0. The second-order valence-corrected chi connectivity index (χ2v) is 3.68. The van der Waals surface area contributed by atoms with Gasteiger partial charge in [0.05, 0.1) is 20.3 Å². The number of aromatic amines is 1. The van der Waals surface area contributed by atoms with Crippen LogP contribution in [0, 0.1) is 0 Å². The lowest BCUT2D eigenvalue weighted by Crippen LogP contribution is -2.41. The Hall–Kier alpha value is -1.82. The SMILES string of the molecule is COc1c[nH]c(C(=O)N2CCOCC2)cc1=O. The smallest absolute Gasteiger partial charge is 0.270 e. The fourth-order valence-electron chi connectivity index (χ4n) is 1.68. The Balaban J connectivity index is 2.19. The number of rotatable bonds is 2. The van der Waals surface area contributed by atoms with E-state index in [1.165, 1.54) is 19.4 Å². The summed E-state index contributed by atoms with van der Waals surface area (Å²) in [5.74, 6) is 0.0107. The number of carbonyl (C=O) groups excluding carboxylic acids is 1. The summed E-state index contributed by atoms with van der Waals surface area (Å²) < 4.78 is 10.00. The van der Waals surface area contributed by atoms with Gasteiger partial charge in [0.2, 0.25) is 5.43 Å². The van der Waals surface area contributed by atoms with Crippen molar-refractivity contribution in [1.82, 2.24) is 9.88 Å². The molecule has 0 unspecified atom stereocenters. The first kappa shape index (κ1) is 11.7. The van der Waals surface area contributed by atoms with Gasteiger partial charge in [0.25, 0.3) is 5.91 Å². The molecule has 17 heavy (non-hydrogen) atoms. The Morgan fingerprint density at radius 1 is 1.47 bits per heavy atom. The largest absolute Gasteiger partial charge is 0.491 e. The van der Waals surface area contributed by atoms with E-state index < -0.39 is 0 Å². The van der Waals surface area contributed by atoms with Gasteiger partial charge in [-0.3, -0.25) is 9.59 Å². The number of nitrogens with zero attached hydrogens (tertiary/aromatic N) is 1. The van der Waals surface area contributed by atoms with Crippen molar-refractivity contribution >= 4 is 5.91 Å². The van der Waals surface area contributed by atoms with Crippen LogP contribution in [0.3, 0.4) is 0 Å². The third kappa shape index (κ3) is 2.47. The Labute approximate surface area is 98.1 Å². The molecule has 0 atom stereocenters. The number of aromatic nitrogens is 1.